The van der Waals surface area contributed by atoms with Crippen molar-refractivity contribution in [1.82, 2.24) is 9.55 Å². The molecule has 3 rings (SSSR count). The first-order valence-electron chi connectivity index (χ1n) is 5.65. The molecule has 0 radical (unpaired) electrons. The van der Waals surface area contributed by atoms with Crippen LogP contribution < -0.4 is 0 Å². The summed E-state index contributed by atoms with van der Waals surface area (Å²) in [4.78, 5) is 4.61. The molecule has 2 heterocycles. The van der Waals surface area contributed by atoms with Gasteiger partial charge < -0.3 is 9.30 Å². The molecule has 0 saturated heterocycles. The van der Waals surface area contributed by atoms with Gasteiger partial charge in [0.25, 0.3) is 0 Å². The maximum absolute atomic E-state index is 5.27. The first-order chi connectivity index (χ1) is 8.31. The molecule has 0 fully saturated rings. The van der Waals surface area contributed by atoms with Crippen LogP contribution in [-0.4, -0.2) is 16.7 Å². The van der Waals surface area contributed by atoms with E-state index in [0.717, 1.165) is 11.3 Å². The first kappa shape index (κ1) is 10.3. The van der Waals surface area contributed by atoms with Crippen molar-refractivity contribution in [1.29, 1.82) is 0 Å². The molecule has 86 valence electrons. The Bertz CT molecular complexity index is 685. The average molecular weight is 226 g/mol. The van der Waals surface area contributed by atoms with E-state index in [1.54, 1.807) is 7.11 Å². The SMILES string of the molecule is COCn1c2ccccc2c2ccc(C)nc21. The van der Waals surface area contributed by atoms with E-state index in [1.807, 2.05) is 19.1 Å². The van der Waals surface area contributed by atoms with Crippen molar-refractivity contribution < 1.29 is 4.74 Å². The number of ether oxygens (including phenoxy) is 1. The van der Waals surface area contributed by atoms with Crippen molar-refractivity contribution in [3.05, 3.63) is 42.1 Å². The number of fused-ring (bicyclic) bond motifs is 3. The lowest BCUT2D eigenvalue weighted by atomic mass is 10.2. The second-order valence-corrected chi connectivity index (χ2v) is 4.19. The lowest BCUT2D eigenvalue weighted by Gasteiger charge is -2.04. The zero-order valence-electron chi connectivity index (χ0n) is 9.97. The predicted molar refractivity (Wildman–Crippen MR) is 69.0 cm³/mol. The minimum atomic E-state index is 0.528. The number of nitrogens with zero attached hydrogens (tertiary/aromatic N) is 2. The molecule has 0 aliphatic rings. The van der Waals surface area contributed by atoms with E-state index in [9.17, 15) is 0 Å². The molecule has 3 heteroatoms. The minimum Gasteiger partial charge on any atom is -0.364 e. The number of aromatic nitrogens is 2. The highest BCUT2D eigenvalue weighted by Gasteiger charge is 2.10. The Morgan fingerprint density at radius 2 is 1.94 bits per heavy atom. The van der Waals surface area contributed by atoms with E-state index in [1.165, 1.54) is 16.3 Å². The van der Waals surface area contributed by atoms with Crippen LogP contribution in [0.5, 0.6) is 0 Å². The van der Waals surface area contributed by atoms with Gasteiger partial charge in [-0.2, -0.15) is 0 Å². The fourth-order valence-corrected chi connectivity index (χ4v) is 2.27. The maximum Gasteiger partial charge on any atom is 0.143 e. The molecule has 0 saturated carbocycles. The number of pyridine rings is 1. The summed E-state index contributed by atoms with van der Waals surface area (Å²) in [5.41, 5.74) is 3.19. The van der Waals surface area contributed by atoms with Crippen molar-refractivity contribution in [2.45, 2.75) is 13.7 Å². The van der Waals surface area contributed by atoms with Crippen LogP contribution in [0.15, 0.2) is 36.4 Å². The molecule has 0 unspecified atom stereocenters. The molecule has 0 N–H and O–H groups in total. The summed E-state index contributed by atoms with van der Waals surface area (Å²) in [6, 6.07) is 12.5. The monoisotopic (exact) mass is 226 g/mol. The van der Waals surface area contributed by atoms with Gasteiger partial charge in [-0.05, 0) is 25.1 Å². The Hall–Kier alpha value is -1.87. The fraction of sp³-hybridized carbons (Fsp3) is 0.214. The number of hydrogen-bond acceptors (Lipinski definition) is 2. The van der Waals surface area contributed by atoms with Crippen molar-refractivity contribution in [3.63, 3.8) is 0 Å². The van der Waals surface area contributed by atoms with Crippen LogP contribution in [0.1, 0.15) is 5.69 Å². The molecule has 0 aliphatic heterocycles. The number of hydrogen-bond donors (Lipinski definition) is 0. The molecule has 1 aromatic carbocycles. The Labute approximate surface area is 99.6 Å². The van der Waals surface area contributed by atoms with Crippen molar-refractivity contribution in [2.24, 2.45) is 0 Å². The standard InChI is InChI=1S/C14H14N2O/c1-10-7-8-12-11-5-3-4-6-13(11)16(9-17-2)14(12)15-10/h3-8H,9H2,1-2H3. The quantitative estimate of drug-likeness (QED) is 0.671. The molecule has 2 aromatic heterocycles. The minimum absolute atomic E-state index is 0.528. The summed E-state index contributed by atoms with van der Waals surface area (Å²) in [6.07, 6.45) is 0. The van der Waals surface area contributed by atoms with E-state index in [-0.39, 0.29) is 0 Å². The summed E-state index contributed by atoms with van der Waals surface area (Å²) in [6.45, 7) is 2.54. The number of methoxy groups -OCH3 is 1. The number of rotatable bonds is 2. The summed E-state index contributed by atoms with van der Waals surface area (Å²) in [7, 11) is 1.70. The number of aryl methyl sites for hydroxylation is 1. The molecule has 0 bridgehead atoms. The van der Waals surface area contributed by atoms with Gasteiger partial charge in [-0.25, -0.2) is 4.98 Å². The molecule has 0 aliphatic carbocycles. The lowest BCUT2D eigenvalue weighted by molar-refractivity contribution is 0.137. The highest BCUT2D eigenvalue weighted by molar-refractivity contribution is 6.06. The Morgan fingerprint density at radius 1 is 1.12 bits per heavy atom. The number of benzene rings is 1. The van der Waals surface area contributed by atoms with Gasteiger partial charge >= 0.3 is 0 Å². The van der Waals surface area contributed by atoms with Crippen molar-refractivity contribution in [3.8, 4) is 0 Å². The zero-order chi connectivity index (χ0) is 11.8. The van der Waals surface area contributed by atoms with Gasteiger partial charge in [-0.1, -0.05) is 18.2 Å². The topological polar surface area (TPSA) is 27.1 Å². The van der Waals surface area contributed by atoms with Crippen LogP contribution in [-0.2, 0) is 11.5 Å². The zero-order valence-corrected chi connectivity index (χ0v) is 9.97. The third kappa shape index (κ3) is 1.51. The molecule has 3 aromatic rings. The number of para-hydroxylation sites is 1. The largest absolute Gasteiger partial charge is 0.364 e. The van der Waals surface area contributed by atoms with Gasteiger partial charge in [0.2, 0.25) is 0 Å². The van der Waals surface area contributed by atoms with E-state index in [4.69, 9.17) is 4.74 Å². The molecule has 0 spiro atoms. The molecular formula is C14H14N2O. The normalized spacial score (nSPS) is 11.4. The molecule has 17 heavy (non-hydrogen) atoms. The summed E-state index contributed by atoms with van der Waals surface area (Å²) < 4.78 is 7.37. The highest BCUT2D eigenvalue weighted by Crippen LogP contribution is 2.27. The third-order valence-corrected chi connectivity index (χ3v) is 3.01. The predicted octanol–water partition coefficient (Wildman–Crippen LogP) is 3.10. The van der Waals surface area contributed by atoms with Crippen LogP contribution >= 0.6 is 0 Å². The fourth-order valence-electron chi connectivity index (χ4n) is 2.27. The Balaban J connectivity index is 2.48. The van der Waals surface area contributed by atoms with Crippen LogP contribution in [0.2, 0.25) is 0 Å². The van der Waals surface area contributed by atoms with E-state index in [2.05, 4.69) is 33.8 Å². The van der Waals surface area contributed by atoms with E-state index >= 15 is 0 Å². The smallest absolute Gasteiger partial charge is 0.143 e. The maximum atomic E-state index is 5.27. The second kappa shape index (κ2) is 3.86. The molecular weight excluding hydrogens is 212 g/mol. The van der Waals surface area contributed by atoms with Gasteiger partial charge in [0.05, 0.1) is 5.52 Å². The van der Waals surface area contributed by atoms with Crippen molar-refractivity contribution >= 4 is 21.9 Å². The average Bonchev–Trinajstić information content (AvgIpc) is 2.65. The summed E-state index contributed by atoms with van der Waals surface area (Å²) in [5, 5.41) is 2.41. The first-order valence-corrected chi connectivity index (χ1v) is 5.65. The van der Waals surface area contributed by atoms with Crippen LogP contribution in [0.3, 0.4) is 0 Å². The summed E-state index contributed by atoms with van der Waals surface area (Å²) >= 11 is 0. The third-order valence-electron chi connectivity index (χ3n) is 3.01. The van der Waals surface area contributed by atoms with Gasteiger partial charge in [-0.3, -0.25) is 0 Å². The van der Waals surface area contributed by atoms with Crippen molar-refractivity contribution in [2.75, 3.05) is 7.11 Å². The summed E-state index contributed by atoms with van der Waals surface area (Å²) in [5.74, 6) is 0. The highest BCUT2D eigenvalue weighted by atomic mass is 16.5. The Morgan fingerprint density at radius 3 is 2.76 bits per heavy atom. The Kier molecular flexibility index (Phi) is 2.34. The van der Waals surface area contributed by atoms with Gasteiger partial charge in [0, 0.05) is 23.6 Å². The van der Waals surface area contributed by atoms with Gasteiger partial charge in [0.15, 0.2) is 0 Å². The van der Waals surface area contributed by atoms with Crippen LogP contribution in [0.25, 0.3) is 21.9 Å². The van der Waals surface area contributed by atoms with Gasteiger partial charge in [0.1, 0.15) is 12.4 Å². The molecule has 3 nitrogen and oxygen atoms in total. The molecule has 0 atom stereocenters. The van der Waals surface area contributed by atoms with Crippen LogP contribution in [0.4, 0.5) is 0 Å². The van der Waals surface area contributed by atoms with E-state index in [0.29, 0.717) is 6.73 Å². The van der Waals surface area contributed by atoms with Crippen LogP contribution in [0, 0.1) is 6.92 Å². The van der Waals surface area contributed by atoms with E-state index < -0.39 is 0 Å². The van der Waals surface area contributed by atoms with Gasteiger partial charge in [-0.15, -0.1) is 0 Å². The second-order valence-electron chi connectivity index (χ2n) is 4.19. The lowest BCUT2D eigenvalue weighted by Crippen LogP contribution is -2.00. The molecule has 0 amide bonds.